The number of pyridine rings is 1. The fourth-order valence-corrected chi connectivity index (χ4v) is 3.96. The average Bonchev–Trinajstić information content (AvgIpc) is 2.94. The molecule has 0 radical (unpaired) electrons. The number of halogens is 1. The number of ether oxygens (including phenoxy) is 1. The number of sulfone groups is 1. The highest BCUT2D eigenvalue weighted by molar-refractivity contribution is 7.92. The normalized spacial score (nSPS) is 12.5. The summed E-state index contributed by atoms with van der Waals surface area (Å²) in [6, 6.07) is 5.69. The van der Waals surface area contributed by atoms with Gasteiger partial charge in [-0.25, -0.2) is 17.8 Å². The smallest absolute Gasteiger partial charge is 0.188 e. The van der Waals surface area contributed by atoms with Crippen molar-refractivity contribution in [2.45, 2.75) is 30.4 Å². The Balaban J connectivity index is 2.32. The van der Waals surface area contributed by atoms with Crippen LogP contribution >= 0.6 is 0 Å². The van der Waals surface area contributed by atoms with Crippen LogP contribution in [0.4, 0.5) is 10.1 Å². The van der Waals surface area contributed by atoms with Gasteiger partial charge in [0, 0.05) is 23.5 Å². The van der Waals surface area contributed by atoms with Gasteiger partial charge in [0.15, 0.2) is 9.84 Å². The summed E-state index contributed by atoms with van der Waals surface area (Å²) >= 11 is 0. The summed E-state index contributed by atoms with van der Waals surface area (Å²) < 4.78 is 45.5. The molecule has 0 spiro atoms. The largest absolute Gasteiger partial charge is 0.495 e. The van der Waals surface area contributed by atoms with E-state index >= 15 is 0 Å². The number of nitrogens with two attached hydrogens (primary N) is 1. The van der Waals surface area contributed by atoms with E-state index < -0.39 is 20.4 Å². The number of hydrogen-bond donors (Lipinski definition) is 1. The van der Waals surface area contributed by atoms with Gasteiger partial charge >= 0.3 is 0 Å². The number of fused-ring (bicyclic) bond motifs is 1. The number of aromatic nitrogens is 2. The van der Waals surface area contributed by atoms with Gasteiger partial charge in [-0.15, -0.1) is 0 Å². The summed E-state index contributed by atoms with van der Waals surface area (Å²) in [6.07, 6.45) is 2.99. The zero-order chi connectivity index (χ0) is 19.3. The summed E-state index contributed by atoms with van der Waals surface area (Å²) in [4.78, 5) is 4.32. The van der Waals surface area contributed by atoms with E-state index in [2.05, 4.69) is 4.98 Å². The number of nitrogen functional groups attached to an aromatic ring is 1. The number of hydrogen-bond acceptors (Lipinski definition) is 5. The molecule has 0 saturated carbocycles. The third kappa shape index (κ3) is 2.90. The van der Waals surface area contributed by atoms with Crippen molar-refractivity contribution in [3.63, 3.8) is 0 Å². The Labute approximate surface area is 151 Å². The van der Waals surface area contributed by atoms with Gasteiger partial charge in [0.2, 0.25) is 0 Å². The highest BCUT2D eigenvalue weighted by Crippen LogP contribution is 2.34. The molecule has 0 atom stereocenters. The van der Waals surface area contributed by atoms with Crippen molar-refractivity contribution in [3.05, 3.63) is 42.5 Å². The van der Waals surface area contributed by atoms with E-state index in [0.717, 1.165) is 0 Å². The van der Waals surface area contributed by atoms with Crippen LogP contribution in [-0.4, -0.2) is 29.7 Å². The molecule has 0 fully saturated rings. The van der Waals surface area contributed by atoms with Crippen molar-refractivity contribution in [1.82, 2.24) is 9.38 Å². The molecule has 0 amide bonds. The molecule has 2 heterocycles. The maximum Gasteiger partial charge on any atom is 0.188 e. The van der Waals surface area contributed by atoms with Gasteiger partial charge in [0.25, 0.3) is 0 Å². The van der Waals surface area contributed by atoms with Crippen LogP contribution in [0.25, 0.3) is 16.9 Å². The maximum atomic E-state index is 13.7. The standard InChI is InChI=1S/C18H20FN3O3S/c1-18(2,3)26(23,24)16-10-22-14(9-21-17(22)8-15(16)25-4)11-5-12(19)7-13(20)6-11/h5-10H,20H2,1-4H3. The molecule has 26 heavy (non-hydrogen) atoms. The minimum atomic E-state index is -3.68. The Kier molecular flexibility index (Phi) is 4.18. The summed E-state index contributed by atoms with van der Waals surface area (Å²) in [7, 11) is -2.27. The first-order valence-electron chi connectivity index (χ1n) is 7.91. The van der Waals surface area contributed by atoms with E-state index in [-0.39, 0.29) is 16.3 Å². The highest BCUT2D eigenvalue weighted by atomic mass is 32.2. The number of methoxy groups -OCH3 is 1. The Bertz CT molecular complexity index is 1080. The average molecular weight is 377 g/mol. The molecule has 6 nitrogen and oxygen atoms in total. The molecule has 0 aliphatic carbocycles. The number of nitrogens with zero attached hydrogens (tertiary/aromatic N) is 2. The highest BCUT2D eigenvalue weighted by Gasteiger charge is 2.34. The summed E-state index contributed by atoms with van der Waals surface area (Å²) in [5, 5.41) is 0. The van der Waals surface area contributed by atoms with Crippen LogP contribution in [0.1, 0.15) is 20.8 Å². The molecule has 0 aliphatic rings. The third-order valence-corrected chi connectivity index (χ3v) is 6.60. The molecule has 0 aliphatic heterocycles. The fraction of sp³-hybridized carbons (Fsp3) is 0.278. The second-order valence-electron chi connectivity index (χ2n) is 6.97. The van der Waals surface area contributed by atoms with E-state index in [1.165, 1.54) is 31.6 Å². The second-order valence-corrected chi connectivity index (χ2v) is 9.64. The van der Waals surface area contributed by atoms with Gasteiger partial charge < -0.3 is 10.5 Å². The van der Waals surface area contributed by atoms with Crippen LogP contribution in [0.3, 0.4) is 0 Å². The van der Waals surface area contributed by atoms with E-state index in [0.29, 0.717) is 16.9 Å². The van der Waals surface area contributed by atoms with Crippen molar-refractivity contribution in [2.75, 3.05) is 12.8 Å². The molecule has 3 rings (SSSR count). The van der Waals surface area contributed by atoms with Crippen LogP contribution in [0.2, 0.25) is 0 Å². The SMILES string of the molecule is COc1cc2ncc(-c3cc(N)cc(F)c3)n2cc1S(=O)(=O)C(C)(C)C. The Morgan fingerprint density at radius 1 is 1.19 bits per heavy atom. The zero-order valence-corrected chi connectivity index (χ0v) is 15.8. The topological polar surface area (TPSA) is 86.7 Å². The molecule has 0 bridgehead atoms. The molecular formula is C18H20FN3O3S. The van der Waals surface area contributed by atoms with Gasteiger partial charge in [-0.3, -0.25) is 4.40 Å². The fourth-order valence-electron chi connectivity index (χ4n) is 2.65. The first-order valence-corrected chi connectivity index (χ1v) is 9.39. The summed E-state index contributed by atoms with van der Waals surface area (Å²) in [6.45, 7) is 4.86. The quantitative estimate of drug-likeness (QED) is 0.708. The van der Waals surface area contributed by atoms with Crippen LogP contribution in [0.15, 0.2) is 41.6 Å². The molecule has 3 aromatic rings. The minimum Gasteiger partial charge on any atom is -0.495 e. The molecule has 138 valence electrons. The van der Waals surface area contributed by atoms with Gasteiger partial charge in [0.05, 0.1) is 23.7 Å². The van der Waals surface area contributed by atoms with Crippen molar-refractivity contribution < 1.29 is 17.5 Å². The lowest BCUT2D eigenvalue weighted by Crippen LogP contribution is -2.28. The zero-order valence-electron chi connectivity index (χ0n) is 14.9. The lowest BCUT2D eigenvalue weighted by molar-refractivity contribution is 0.401. The Morgan fingerprint density at radius 3 is 2.46 bits per heavy atom. The van der Waals surface area contributed by atoms with E-state index in [4.69, 9.17) is 10.5 Å². The van der Waals surface area contributed by atoms with Gasteiger partial charge in [-0.1, -0.05) is 0 Å². The molecule has 0 saturated heterocycles. The van der Waals surface area contributed by atoms with Crippen molar-refractivity contribution in [1.29, 1.82) is 0 Å². The van der Waals surface area contributed by atoms with E-state index in [9.17, 15) is 12.8 Å². The predicted octanol–water partition coefficient (Wildman–Crippen LogP) is 3.30. The lowest BCUT2D eigenvalue weighted by atomic mass is 10.1. The lowest BCUT2D eigenvalue weighted by Gasteiger charge is -2.21. The minimum absolute atomic E-state index is 0.0450. The van der Waals surface area contributed by atoms with Gasteiger partial charge in [-0.05, 0) is 39.0 Å². The summed E-state index contributed by atoms with van der Waals surface area (Å²) in [5.74, 6) is -0.269. The molecule has 1 aromatic carbocycles. The predicted molar refractivity (Wildman–Crippen MR) is 98.5 cm³/mol. The molecule has 0 unspecified atom stereocenters. The number of anilines is 1. The van der Waals surface area contributed by atoms with Gasteiger partial charge in [0.1, 0.15) is 22.1 Å². The van der Waals surface area contributed by atoms with Crippen LogP contribution in [-0.2, 0) is 9.84 Å². The van der Waals surface area contributed by atoms with Crippen LogP contribution in [0.5, 0.6) is 5.75 Å². The molecular weight excluding hydrogens is 357 g/mol. The number of benzene rings is 1. The second kappa shape index (κ2) is 5.98. The monoisotopic (exact) mass is 377 g/mol. The van der Waals surface area contributed by atoms with E-state index in [1.807, 2.05) is 0 Å². The number of rotatable bonds is 3. The van der Waals surface area contributed by atoms with Crippen molar-refractivity contribution in [2.24, 2.45) is 0 Å². The first-order chi connectivity index (χ1) is 12.0. The van der Waals surface area contributed by atoms with Crippen molar-refractivity contribution in [3.8, 4) is 17.0 Å². The third-order valence-electron chi connectivity index (χ3n) is 4.11. The molecule has 2 aromatic heterocycles. The molecule has 2 N–H and O–H groups in total. The first kappa shape index (κ1) is 18.2. The van der Waals surface area contributed by atoms with Gasteiger partial charge in [-0.2, -0.15) is 0 Å². The Hall–Kier alpha value is -2.61. The van der Waals surface area contributed by atoms with Crippen LogP contribution < -0.4 is 10.5 Å². The molecule has 8 heteroatoms. The van der Waals surface area contributed by atoms with Crippen LogP contribution in [0, 0.1) is 5.82 Å². The van der Waals surface area contributed by atoms with E-state index in [1.54, 1.807) is 37.3 Å². The number of imidazole rings is 1. The summed E-state index contributed by atoms with van der Waals surface area (Å²) in [5.41, 5.74) is 7.50. The van der Waals surface area contributed by atoms with Crippen molar-refractivity contribution >= 4 is 21.2 Å². The maximum absolute atomic E-state index is 13.7. The Morgan fingerprint density at radius 2 is 1.88 bits per heavy atom.